The third-order valence-electron chi connectivity index (χ3n) is 7.65. The molecule has 6 nitrogen and oxygen atoms in total. The molecule has 2 saturated carbocycles. The average Bonchev–Trinajstić information content (AvgIpc) is 2.84. The molecule has 0 bridgehead atoms. The molecule has 2 unspecified atom stereocenters. The Bertz CT molecular complexity index is 953. The topological polar surface area (TPSA) is 104 Å². The number of ether oxygens (including phenoxy) is 2. The second kappa shape index (κ2) is 13.5. The van der Waals surface area contributed by atoms with Gasteiger partial charge in [0.1, 0.15) is 16.4 Å². The van der Waals surface area contributed by atoms with Crippen LogP contribution in [-0.4, -0.2) is 84.1 Å². The zero-order chi connectivity index (χ0) is 23.5. The van der Waals surface area contributed by atoms with E-state index in [1.807, 2.05) is 30.3 Å². The first-order valence-corrected chi connectivity index (χ1v) is 15.2. The molecular formula is C26H39NaO6PS. The molecule has 2 fully saturated rings. The van der Waals surface area contributed by atoms with E-state index in [2.05, 4.69) is 0 Å². The van der Waals surface area contributed by atoms with E-state index in [1.54, 1.807) is 26.4 Å². The van der Waals surface area contributed by atoms with Gasteiger partial charge in [-0.1, -0.05) is 82.9 Å². The van der Waals surface area contributed by atoms with Crippen LogP contribution in [-0.2, 0) is 19.6 Å². The number of methoxy groups -OCH3 is 2. The second-order valence-electron chi connectivity index (χ2n) is 9.50. The van der Waals surface area contributed by atoms with Crippen molar-refractivity contribution < 1.29 is 27.9 Å². The smallest absolute Gasteiger partial charge is 0.275 e. The summed E-state index contributed by atoms with van der Waals surface area (Å²) in [6.45, 7) is 0. The Kier molecular flexibility index (Phi) is 12.0. The van der Waals surface area contributed by atoms with Crippen LogP contribution < -0.4 is 0 Å². The van der Waals surface area contributed by atoms with Crippen LogP contribution in [0.25, 0.3) is 5.57 Å². The normalized spacial score (nSPS) is 26.2. The van der Waals surface area contributed by atoms with Gasteiger partial charge in [-0.15, -0.1) is 0 Å². The van der Waals surface area contributed by atoms with Crippen molar-refractivity contribution in [3.05, 3.63) is 53.8 Å². The van der Waals surface area contributed by atoms with Gasteiger partial charge in [0.2, 0.25) is 0 Å². The summed E-state index contributed by atoms with van der Waals surface area (Å²) in [6.07, 6.45) is 14.8. The van der Waals surface area contributed by atoms with Crippen molar-refractivity contribution in [1.29, 1.82) is 0 Å². The largest absolute Gasteiger partial charge is 0.496 e. The summed E-state index contributed by atoms with van der Waals surface area (Å²) in [5, 5.41) is -2.31. The van der Waals surface area contributed by atoms with Crippen LogP contribution in [0.3, 0.4) is 0 Å². The molecule has 191 valence electrons. The van der Waals surface area contributed by atoms with Gasteiger partial charge in [0.05, 0.1) is 7.11 Å². The SMILES string of the molecule is COC1=C(c2ccccc2)C(OC)(P(C2CCCCC2)C2CCCCC2)C(S(=O)(=O)O)C=C1.O.[Na]. The number of hydrogen-bond donors (Lipinski definition) is 1. The molecule has 3 N–H and O–H groups in total. The van der Waals surface area contributed by atoms with Crippen LogP contribution in [0.5, 0.6) is 0 Å². The summed E-state index contributed by atoms with van der Waals surface area (Å²) in [7, 11) is -2.12. The Morgan fingerprint density at radius 2 is 1.43 bits per heavy atom. The molecule has 0 heterocycles. The van der Waals surface area contributed by atoms with Gasteiger partial charge >= 0.3 is 0 Å². The Morgan fingerprint density at radius 3 is 1.86 bits per heavy atom. The molecule has 0 spiro atoms. The van der Waals surface area contributed by atoms with E-state index >= 15 is 0 Å². The number of hydrogen-bond acceptors (Lipinski definition) is 4. The monoisotopic (exact) mass is 533 g/mol. The minimum atomic E-state index is -4.43. The Morgan fingerprint density at radius 1 is 0.914 bits per heavy atom. The molecule has 0 amide bonds. The van der Waals surface area contributed by atoms with E-state index in [-0.39, 0.29) is 35.0 Å². The predicted octanol–water partition coefficient (Wildman–Crippen LogP) is 5.15. The summed E-state index contributed by atoms with van der Waals surface area (Å²) in [4.78, 5) is 0. The number of allylic oxidation sites excluding steroid dienone is 1. The predicted molar refractivity (Wildman–Crippen MR) is 145 cm³/mol. The van der Waals surface area contributed by atoms with Gasteiger partial charge < -0.3 is 14.9 Å². The maximum absolute atomic E-state index is 13.0. The van der Waals surface area contributed by atoms with Crippen molar-refractivity contribution in [3.63, 3.8) is 0 Å². The van der Waals surface area contributed by atoms with E-state index in [1.165, 1.54) is 38.5 Å². The zero-order valence-electron chi connectivity index (χ0n) is 21.3. The van der Waals surface area contributed by atoms with Gasteiger partial charge in [0.15, 0.2) is 0 Å². The van der Waals surface area contributed by atoms with E-state index in [4.69, 9.17) is 9.47 Å². The zero-order valence-corrected chi connectivity index (χ0v) is 25.0. The molecular weight excluding hydrogens is 494 g/mol. The Balaban J connectivity index is 0.00000216. The Hall–Kier alpha value is -0.240. The first kappa shape index (κ1) is 31.0. The minimum Gasteiger partial charge on any atom is -0.496 e. The summed E-state index contributed by atoms with van der Waals surface area (Å²) in [5.41, 5.74) is 2.49. The molecule has 35 heavy (non-hydrogen) atoms. The molecule has 9 heteroatoms. The summed E-state index contributed by atoms with van der Waals surface area (Å²) in [6, 6.07) is 9.87. The summed E-state index contributed by atoms with van der Waals surface area (Å²) >= 11 is 0. The Labute approximate surface area is 234 Å². The second-order valence-corrected chi connectivity index (χ2v) is 14.0. The van der Waals surface area contributed by atoms with Crippen LogP contribution >= 0.6 is 7.92 Å². The van der Waals surface area contributed by atoms with Crippen LogP contribution in [0.2, 0.25) is 0 Å². The van der Waals surface area contributed by atoms with Crippen LogP contribution in [0.4, 0.5) is 0 Å². The van der Waals surface area contributed by atoms with Crippen LogP contribution in [0, 0.1) is 0 Å². The van der Waals surface area contributed by atoms with Gasteiger partial charge in [0.25, 0.3) is 10.1 Å². The molecule has 1 aromatic rings. The molecule has 0 saturated heterocycles. The van der Waals surface area contributed by atoms with Gasteiger partial charge in [0, 0.05) is 42.2 Å². The van der Waals surface area contributed by atoms with Crippen molar-refractivity contribution in [2.75, 3.05) is 14.2 Å². The van der Waals surface area contributed by atoms with Crippen molar-refractivity contribution in [1.82, 2.24) is 0 Å². The van der Waals surface area contributed by atoms with Crippen molar-refractivity contribution in [3.8, 4) is 0 Å². The summed E-state index contributed by atoms with van der Waals surface area (Å²) < 4.78 is 48.8. The van der Waals surface area contributed by atoms with E-state index < -0.39 is 28.6 Å². The molecule has 3 aliphatic carbocycles. The van der Waals surface area contributed by atoms with E-state index in [9.17, 15) is 13.0 Å². The fraction of sp³-hybridized carbons (Fsp3) is 0.615. The van der Waals surface area contributed by atoms with Gasteiger partial charge in [-0.3, -0.25) is 4.55 Å². The van der Waals surface area contributed by atoms with Crippen molar-refractivity contribution in [2.24, 2.45) is 0 Å². The number of rotatable bonds is 7. The van der Waals surface area contributed by atoms with E-state index in [0.29, 0.717) is 17.1 Å². The summed E-state index contributed by atoms with van der Waals surface area (Å²) in [5.74, 6) is 0.627. The van der Waals surface area contributed by atoms with Crippen LogP contribution in [0.1, 0.15) is 69.8 Å². The van der Waals surface area contributed by atoms with Crippen molar-refractivity contribution in [2.45, 2.75) is 86.1 Å². The minimum absolute atomic E-state index is 0. The van der Waals surface area contributed by atoms with Gasteiger partial charge in [-0.05, 0) is 48.6 Å². The molecule has 1 aromatic carbocycles. The van der Waals surface area contributed by atoms with E-state index in [0.717, 1.165) is 36.8 Å². The maximum Gasteiger partial charge on any atom is 0.275 e. The van der Waals surface area contributed by atoms with Gasteiger partial charge in [-0.2, -0.15) is 8.42 Å². The average molecular weight is 534 g/mol. The fourth-order valence-electron chi connectivity index (χ4n) is 6.29. The third kappa shape index (κ3) is 6.26. The number of benzene rings is 1. The molecule has 3 aliphatic rings. The van der Waals surface area contributed by atoms with Crippen LogP contribution in [0.15, 0.2) is 48.2 Å². The third-order valence-corrected chi connectivity index (χ3v) is 13.0. The standard InChI is InChI=1S/C26H37O5PS.Na.H2O/c1-30-23-18-19-24(33(27,28)29)26(31-2,25(23)20-12-6-3-7-13-20)32(21-14-8-4-9-15-21)22-16-10-5-11-17-22;;/h3,6-7,12-13,18-19,21-22,24H,4-5,8-11,14-17H2,1-2H3,(H,27,28,29);;1H2. The van der Waals surface area contributed by atoms with Crippen molar-refractivity contribution >= 4 is 53.2 Å². The quantitative estimate of drug-likeness (QED) is 0.296. The first-order chi connectivity index (χ1) is 15.9. The molecule has 1 radical (unpaired) electrons. The fourth-order valence-corrected chi connectivity index (χ4v) is 12.6. The maximum atomic E-state index is 13.0. The molecule has 0 aliphatic heterocycles. The molecule has 4 rings (SSSR count). The molecule has 0 aromatic heterocycles. The van der Waals surface area contributed by atoms with Gasteiger partial charge in [-0.25, -0.2) is 0 Å². The molecule has 2 atom stereocenters. The first-order valence-electron chi connectivity index (χ1n) is 12.3.